The van der Waals surface area contributed by atoms with E-state index in [0.29, 0.717) is 23.5 Å². The average molecular weight is 403 g/mol. The standard InChI is InChI=1S/C21H26N2O4S/c1-3-17-10-6-7-14-23(17)21(24)16-9-8-11-18(15-16)28(25,26)22-19-12-4-5-13-20(19)27-2/h4-5,8-9,11-13,15,17,22H,3,6-7,10,14H2,1-2H3. The van der Waals surface area contributed by atoms with E-state index in [0.717, 1.165) is 25.7 Å². The highest BCUT2D eigenvalue weighted by molar-refractivity contribution is 7.92. The summed E-state index contributed by atoms with van der Waals surface area (Å²) in [6.07, 6.45) is 4.00. The van der Waals surface area contributed by atoms with Gasteiger partial charge in [-0.05, 0) is 56.0 Å². The van der Waals surface area contributed by atoms with Gasteiger partial charge in [0, 0.05) is 18.2 Å². The number of carbonyl (C=O) groups excluding carboxylic acids is 1. The maximum Gasteiger partial charge on any atom is 0.262 e. The molecule has 0 spiro atoms. The summed E-state index contributed by atoms with van der Waals surface area (Å²) < 4.78 is 33.4. The first-order valence-electron chi connectivity index (χ1n) is 9.53. The maximum absolute atomic E-state index is 13.0. The van der Waals surface area contributed by atoms with Crippen LogP contribution in [0.15, 0.2) is 53.4 Å². The van der Waals surface area contributed by atoms with Crippen molar-refractivity contribution in [3.8, 4) is 5.75 Å². The average Bonchev–Trinajstić information content (AvgIpc) is 2.73. The van der Waals surface area contributed by atoms with Crippen LogP contribution in [-0.2, 0) is 10.0 Å². The second-order valence-electron chi connectivity index (χ2n) is 6.89. The Kier molecular flexibility index (Phi) is 6.24. The van der Waals surface area contributed by atoms with Crippen LogP contribution in [0, 0.1) is 0 Å². The van der Waals surface area contributed by atoms with Gasteiger partial charge in [0.25, 0.3) is 15.9 Å². The maximum atomic E-state index is 13.0. The lowest BCUT2D eigenvalue weighted by atomic mass is 9.99. The number of para-hydroxylation sites is 2. The van der Waals surface area contributed by atoms with Crippen molar-refractivity contribution in [3.05, 3.63) is 54.1 Å². The van der Waals surface area contributed by atoms with Crippen LogP contribution in [0.4, 0.5) is 5.69 Å². The molecule has 3 rings (SSSR count). The van der Waals surface area contributed by atoms with Crippen LogP contribution in [0.1, 0.15) is 43.0 Å². The first-order valence-corrected chi connectivity index (χ1v) is 11.0. The number of amides is 1. The molecule has 6 nitrogen and oxygen atoms in total. The summed E-state index contributed by atoms with van der Waals surface area (Å²) in [4.78, 5) is 14.9. The van der Waals surface area contributed by atoms with Crippen molar-refractivity contribution in [3.63, 3.8) is 0 Å². The lowest BCUT2D eigenvalue weighted by molar-refractivity contribution is 0.0608. The molecule has 1 aliphatic heterocycles. The quantitative estimate of drug-likeness (QED) is 0.795. The molecule has 28 heavy (non-hydrogen) atoms. The number of piperidine rings is 1. The second-order valence-corrected chi connectivity index (χ2v) is 8.57. The number of hydrogen-bond donors (Lipinski definition) is 1. The van der Waals surface area contributed by atoms with Crippen molar-refractivity contribution in [2.75, 3.05) is 18.4 Å². The fraction of sp³-hybridized carbons (Fsp3) is 0.381. The molecule has 0 bridgehead atoms. The molecule has 7 heteroatoms. The number of rotatable bonds is 6. The highest BCUT2D eigenvalue weighted by Crippen LogP contribution is 2.27. The van der Waals surface area contributed by atoms with Gasteiger partial charge in [0.05, 0.1) is 17.7 Å². The fourth-order valence-corrected chi connectivity index (χ4v) is 4.70. The van der Waals surface area contributed by atoms with Gasteiger partial charge in [-0.25, -0.2) is 8.42 Å². The number of sulfonamides is 1. The minimum atomic E-state index is -3.85. The number of anilines is 1. The van der Waals surface area contributed by atoms with Crippen molar-refractivity contribution in [1.82, 2.24) is 4.90 Å². The van der Waals surface area contributed by atoms with E-state index in [1.807, 2.05) is 4.90 Å². The predicted octanol–water partition coefficient (Wildman–Crippen LogP) is 3.90. The van der Waals surface area contributed by atoms with E-state index in [1.54, 1.807) is 36.4 Å². The van der Waals surface area contributed by atoms with Gasteiger partial charge in [0.2, 0.25) is 0 Å². The molecule has 1 aliphatic rings. The predicted molar refractivity (Wildman–Crippen MR) is 109 cm³/mol. The van der Waals surface area contributed by atoms with Crippen molar-refractivity contribution < 1.29 is 17.9 Å². The van der Waals surface area contributed by atoms with Crippen molar-refractivity contribution >= 4 is 21.6 Å². The van der Waals surface area contributed by atoms with Gasteiger partial charge >= 0.3 is 0 Å². The number of methoxy groups -OCH3 is 1. The van der Waals surface area contributed by atoms with Gasteiger partial charge < -0.3 is 9.64 Å². The Labute approximate surface area is 166 Å². The van der Waals surface area contributed by atoms with Crippen LogP contribution < -0.4 is 9.46 Å². The van der Waals surface area contributed by atoms with Crippen LogP contribution >= 0.6 is 0 Å². The molecule has 1 N–H and O–H groups in total. The number of benzene rings is 2. The number of carbonyl (C=O) groups is 1. The molecule has 1 heterocycles. The van der Waals surface area contributed by atoms with Gasteiger partial charge in [-0.15, -0.1) is 0 Å². The molecule has 1 atom stereocenters. The molecule has 2 aromatic rings. The van der Waals surface area contributed by atoms with E-state index in [1.165, 1.54) is 19.2 Å². The molecule has 0 aromatic heterocycles. The van der Waals surface area contributed by atoms with Gasteiger partial charge in [0.15, 0.2) is 0 Å². The highest BCUT2D eigenvalue weighted by Gasteiger charge is 2.27. The summed E-state index contributed by atoms with van der Waals surface area (Å²) in [5.41, 5.74) is 0.743. The molecule has 1 saturated heterocycles. The summed E-state index contributed by atoms with van der Waals surface area (Å²) in [5, 5.41) is 0. The summed E-state index contributed by atoms with van der Waals surface area (Å²) in [7, 11) is -2.37. The number of likely N-dealkylation sites (tertiary alicyclic amines) is 1. The third-order valence-corrected chi connectivity index (χ3v) is 6.47. The van der Waals surface area contributed by atoms with E-state index in [4.69, 9.17) is 4.74 Å². The first kappa shape index (κ1) is 20.2. The first-order chi connectivity index (χ1) is 13.5. The Morgan fingerprint density at radius 2 is 1.96 bits per heavy atom. The van der Waals surface area contributed by atoms with E-state index in [2.05, 4.69) is 11.6 Å². The Morgan fingerprint density at radius 3 is 2.71 bits per heavy atom. The minimum Gasteiger partial charge on any atom is -0.495 e. The topological polar surface area (TPSA) is 75.7 Å². The normalized spacial score (nSPS) is 17.2. The molecule has 2 aromatic carbocycles. The van der Waals surface area contributed by atoms with Crippen LogP contribution in [0.5, 0.6) is 5.75 Å². The SMILES string of the molecule is CCC1CCCCN1C(=O)c1cccc(S(=O)(=O)Nc2ccccc2OC)c1. The van der Waals surface area contributed by atoms with Crippen molar-refractivity contribution in [1.29, 1.82) is 0 Å². The second kappa shape index (κ2) is 8.65. The lowest BCUT2D eigenvalue weighted by Gasteiger charge is -2.35. The van der Waals surface area contributed by atoms with Crippen LogP contribution in [0.3, 0.4) is 0 Å². The Morgan fingerprint density at radius 1 is 1.18 bits per heavy atom. The summed E-state index contributed by atoms with van der Waals surface area (Å²) in [6.45, 7) is 2.79. The molecule has 1 unspecified atom stereocenters. The number of ether oxygens (including phenoxy) is 1. The zero-order chi connectivity index (χ0) is 20.1. The minimum absolute atomic E-state index is 0.0503. The van der Waals surface area contributed by atoms with Gasteiger partial charge in [-0.3, -0.25) is 9.52 Å². The monoisotopic (exact) mass is 402 g/mol. The summed E-state index contributed by atoms with van der Waals surface area (Å²) in [6, 6.07) is 13.2. The van der Waals surface area contributed by atoms with Crippen LogP contribution in [0.2, 0.25) is 0 Å². The van der Waals surface area contributed by atoms with Crippen molar-refractivity contribution in [2.45, 2.75) is 43.5 Å². The molecule has 1 fully saturated rings. The highest BCUT2D eigenvalue weighted by atomic mass is 32.2. The van der Waals surface area contributed by atoms with Gasteiger partial charge in [-0.1, -0.05) is 25.1 Å². The number of nitrogens with zero attached hydrogens (tertiary/aromatic N) is 1. The molecule has 0 aliphatic carbocycles. The molecule has 1 amide bonds. The molecular formula is C21H26N2O4S. The third kappa shape index (κ3) is 4.30. The van der Waals surface area contributed by atoms with E-state index >= 15 is 0 Å². The van der Waals surface area contributed by atoms with Crippen LogP contribution in [-0.4, -0.2) is 38.9 Å². The molecule has 150 valence electrons. The smallest absolute Gasteiger partial charge is 0.262 e. The van der Waals surface area contributed by atoms with Gasteiger partial charge in [0.1, 0.15) is 5.75 Å². The van der Waals surface area contributed by atoms with Gasteiger partial charge in [-0.2, -0.15) is 0 Å². The third-order valence-electron chi connectivity index (χ3n) is 5.10. The molecular weight excluding hydrogens is 376 g/mol. The van der Waals surface area contributed by atoms with Crippen LogP contribution in [0.25, 0.3) is 0 Å². The lowest BCUT2D eigenvalue weighted by Crippen LogP contribution is -2.43. The molecule has 0 radical (unpaired) electrons. The number of nitrogens with one attached hydrogen (secondary N) is 1. The zero-order valence-electron chi connectivity index (χ0n) is 16.2. The Balaban J connectivity index is 1.86. The van der Waals surface area contributed by atoms with E-state index in [9.17, 15) is 13.2 Å². The number of hydrogen-bond acceptors (Lipinski definition) is 4. The zero-order valence-corrected chi connectivity index (χ0v) is 17.0. The Bertz CT molecular complexity index is 943. The largest absolute Gasteiger partial charge is 0.495 e. The molecule has 0 saturated carbocycles. The van der Waals surface area contributed by atoms with E-state index < -0.39 is 10.0 Å². The summed E-state index contributed by atoms with van der Waals surface area (Å²) >= 11 is 0. The van der Waals surface area contributed by atoms with E-state index in [-0.39, 0.29) is 16.8 Å². The fourth-order valence-electron chi connectivity index (χ4n) is 3.59. The Hall–Kier alpha value is -2.54. The summed E-state index contributed by atoms with van der Waals surface area (Å²) in [5.74, 6) is 0.318. The van der Waals surface area contributed by atoms with Crippen molar-refractivity contribution in [2.24, 2.45) is 0 Å².